The van der Waals surface area contributed by atoms with E-state index in [0.29, 0.717) is 17.9 Å². The molecule has 0 atom stereocenters. The Morgan fingerprint density at radius 2 is 2.09 bits per heavy atom. The zero-order valence-electron chi connectivity index (χ0n) is 12.9. The maximum atomic E-state index is 13.9. The van der Waals surface area contributed by atoms with Crippen molar-refractivity contribution >= 4 is 20.9 Å². The van der Waals surface area contributed by atoms with Crippen molar-refractivity contribution in [3.05, 3.63) is 36.4 Å². The summed E-state index contributed by atoms with van der Waals surface area (Å²) in [6.07, 6.45) is 4.54. The zero-order valence-corrected chi connectivity index (χ0v) is 13.7. The first-order valence-corrected chi connectivity index (χ1v) is 9.30. The molecule has 0 radical (unpaired) electrons. The summed E-state index contributed by atoms with van der Waals surface area (Å²) in [5.74, 6) is 0.283. The third kappa shape index (κ3) is 3.12. The van der Waals surface area contributed by atoms with E-state index in [2.05, 4.69) is 10.1 Å². The van der Waals surface area contributed by atoms with Gasteiger partial charge in [-0.05, 0) is 19.1 Å². The van der Waals surface area contributed by atoms with E-state index in [0.717, 1.165) is 11.1 Å². The number of fused-ring (bicyclic) bond motifs is 1. The molecule has 8 heteroatoms. The maximum absolute atomic E-state index is 13.9. The van der Waals surface area contributed by atoms with Crippen molar-refractivity contribution in [3.63, 3.8) is 0 Å². The average molecular weight is 336 g/mol. The van der Waals surface area contributed by atoms with Gasteiger partial charge in [0.1, 0.15) is 21.2 Å². The van der Waals surface area contributed by atoms with Crippen molar-refractivity contribution in [2.45, 2.75) is 20.0 Å². The number of para-hydroxylation sites is 1. The molecule has 3 aromatic rings. The summed E-state index contributed by atoms with van der Waals surface area (Å²) in [5, 5.41) is 4.17. The summed E-state index contributed by atoms with van der Waals surface area (Å²) in [7, 11) is -3.05. The van der Waals surface area contributed by atoms with Gasteiger partial charge in [0.25, 0.3) is 0 Å². The normalized spacial score (nSPS) is 12.1. The van der Waals surface area contributed by atoms with Crippen LogP contribution >= 0.6 is 0 Å². The van der Waals surface area contributed by atoms with Crippen LogP contribution < -0.4 is 0 Å². The van der Waals surface area contributed by atoms with E-state index in [1.807, 2.05) is 17.6 Å². The molecule has 0 N–H and O–H groups in total. The van der Waals surface area contributed by atoms with Gasteiger partial charge in [0, 0.05) is 19.0 Å². The largest absolute Gasteiger partial charge is 0.324 e. The number of sulfone groups is 1. The Morgan fingerprint density at radius 3 is 2.78 bits per heavy atom. The molecule has 0 bridgehead atoms. The summed E-state index contributed by atoms with van der Waals surface area (Å²) < 4.78 is 39.9. The lowest BCUT2D eigenvalue weighted by atomic mass is 10.3. The first kappa shape index (κ1) is 15.7. The van der Waals surface area contributed by atoms with Crippen LogP contribution in [0.4, 0.5) is 4.39 Å². The van der Waals surface area contributed by atoms with Crippen LogP contribution in [-0.2, 0) is 22.9 Å². The fraction of sp³-hybridized carbons (Fsp3) is 0.333. The molecule has 0 aliphatic carbocycles. The Bertz CT molecular complexity index is 959. The summed E-state index contributed by atoms with van der Waals surface area (Å²) in [5.41, 5.74) is 1.79. The van der Waals surface area contributed by atoms with E-state index in [-0.39, 0.29) is 18.1 Å². The van der Waals surface area contributed by atoms with E-state index in [9.17, 15) is 12.8 Å². The van der Waals surface area contributed by atoms with Crippen LogP contribution in [0.3, 0.4) is 0 Å². The summed E-state index contributed by atoms with van der Waals surface area (Å²) in [6, 6.07) is 4.87. The first-order valence-electron chi connectivity index (χ1n) is 7.24. The van der Waals surface area contributed by atoms with Gasteiger partial charge in [0.2, 0.25) is 0 Å². The van der Waals surface area contributed by atoms with E-state index in [1.165, 1.54) is 12.3 Å². The topological polar surface area (TPSA) is 69.8 Å². The highest BCUT2D eigenvalue weighted by molar-refractivity contribution is 7.90. The molecule has 0 aliphatic rings. The van der Waals surface area contributed by atoms with Gasteiger partial charge in [-0.2, -0.15) is 5.10 Å². The molecule has 0 unspecified atom stereocenters. The van der Waals surface area contributed by atoms with Gasteiger partial charge in [-0.25, -0.2) is 17.8 Å². The Balaban J connectivity index is 2.00. The average Bonchev–Trinajstić information content (AvgIpc) is 3.09. The van der Waals surface area contributed by atoms with E-state index >= 15 is 0 Å². The Kier molecular flexibility index (Phi) is 3.93. The smallest absolute Gasteiger partial charge is 0.151 e. The van der Waals surface area contributed by atoms with E-state index < -0.39 is 9.84 Å². The maximum Gasteiger partial charge on any atom is 0.151 e. The molecule has 0 aliphatic heterocycles. The van der Waals surface area contributed by atoms with Crippen LogP contribution in [0, 0.1) is 5.82 Å². The van der Waals surface area contributed by atoms with Crippen molar-refractivity contribution in [2.24, 2.45) is 0 Å². The fourth-order valence-corrected chi connectivity index (χ4v) is 3.03. The second-order valence-electron chi connectivity index (χ2n) is 5.41. The predicted octanol–water partition coefficient (Wildman–Crippen LogP) is 2.10. The molecule has 122 valence electrons. The number of halogens is 1. The van der Waals surface area contributed by atoms with Gasteiger partial charge in [0.15, 0.2) is 5.82 Å². The van der Waals surface area contributed by atoms with E-state index in [1.54, 1.807) is 23.1 Å². The number of benzene rings is 1. The number of aromatic nitrogens is 4. The summed E-state index contributed by atoms with van der Waals surface area (Å²) >= 11 is 0. The predicted molar refractivity (Wildman–Crippen MR) is 86.3 cm³/mol. The SMILES string of the molecule is CCn1c(-c2cnn(CCS(C)(=O)=O)c2)nc2c(F)cccc21. The van der Waals surface area contributed by atoms with Crippen molar-refractivity contribution in [2.75, 3.05) is 12.0 Å². The van der Waals surface area contributed by atoms with Crippen LogP contribution in [0.2, 0.25) is 0 Å². The third-order valence-corrected chi connectivity index (χ3v) is 4.55. The summed E-state index contributed by atoms with van der Waals surface area (Å²) in [6.45, 7) is 2.88. The molecule has 0 saturated carbocycles. The molecule has 3 rings (SSSR count). The number of nitrogens with zero attached hydrogens (tertiary/aromatic N) is 4. The lowest BCUT2D eigenvalue weighted by Crippen LogP contribution is -2.11. The van der Waals surface area contributed by atoms with Crippen molar-refractivity contribution in [1.82, 2.24) is 19.3 Å². The minimum absolute atomic E-state index is 0.0208. The lowest BCUT2D eigenvalue weighted by Gasteiger charge is -2.03. The quantitative estimate of drug-likeness (QED) is 0.715. The van der Waals surface area contributed by atoms with Crippen LogP contribution in [0.15, 0.2) is 30.6 Å². The number of imidazole rings is 1. The molecular formula is C15H17FN4O2S. The van der Waals surface area contributed by atoms with Gasteiger partial charge >= 0.3 is 0 Å². The Labute approximate surface area is 133 Å². The number of hydrogen-bond donors (Lipinski definition) is 0. The minimum atomic E-state index is -3.05. The van der Waals surface area contributed by atoms with Crippen molar-refractivity contribution in [3.8, 4) is 11.4 Å². The standard InChI is InChI=1S/C15H17FN4O2S/c1-3-20-13-6-4-5-12(16)14(13)18-15(20)11-9-17-19(10-11)7-8-23(2,21)22/h4-6,9-10H,3,7-8H2,1-2H3. The Morgan fingerprint density at radius 1 is 1.30 bits per heavy atom. The molecular weight excluding hydrogens is 319 g/mol. The second kappa shape index (κ2) is 5.77. The van der Waals surface area contributed by atoms with Gasteiger partial charge in [-0.1, -0.05) is 6.07 Å². The monoisotopic (exact) mass is 336 g/mol. The van der Waals surface area contributed by atoms with Crippen LogP contribution in [0.1, 0.15) is 6.92 Å². The molecule has 0 saturated heterocycles. The molecule has 0 fully saturated rings. The van der Waals surface area contributed by atoms with Crippen molar-refractivity contribution in [1.29, 1.82) is 0 Å². The molecule has 0 spiro atoms. The van der Waals surface area contributed by atoms with Gasteiger partial charge in [-0.15, -0.1) is 0 Å². The molecule has 0 amide bonds. The minimum Gasteiger partial charge on any atom is -0.324 e. The molecule has 2 heterocycles. The molecule has 1 aromatic carbocycles. The molecule has 2 aromatic heterocycles. The van der Waals surface area contributed by atoms with Gasteiger partial charge in [0.05, 0.1) is 29.6 Å². The van der Waals surface area contributed by atoms with Crippen molar-refractivity contribution < 1.29 is 12.8 Å². The van der Waals surface area contributed by atoms with Gasteiger partial charge in [-0.3, -0.25) is 4.68 Å². The van der Waals surface area contributed by atoms with Gasteiger partial charge < -0.3 is 4.57 Å². The third-order valence-electron chi connectivity index (χ3n) is 3.63. The zero-order chi connectivity index (χ0) is 16.6. The summed E-state index contributed by atoms with van der Waals surface area (Å²) in [4.78, 5) is 4.39. The lowest BCUT2D eigenvalue weighted by molar-refractivity contribution is 0.586. The van der Waals surface area contributed by atoms with Crippen LogP contribution in [0.25, 0.3) is 22.4 Å². The van der Waals surface area contributed by atoms with Crippen LogP contribution in [-0.4, -0.2) is 39.8 Å². The molecule has 6 nitrogen and oxygen atoms in total. The van der Waals surface area contributed by atoms with E-state index in [4.69, 9.17) is 0 Å². The van der Waals surface area contributed by atoms with Crippen LogP contribution in [0.5, 0.6) is 0 Å². The Hall–Kier alpha value is -2.22. The highest BCUT2D eigenvalue weighted by atomic mass is 32.2. The fourth-order valence-electron chi connectivity index (χ4n) is 2.51. The second-order valence-corrected chi connectivity index (χ2v) is 7.67. The molecule has 23 heavy (non-hydrogen) atoms. The first-order chi connectivity index (χ1) is 10.9. The highest BCUT2D eigenvalue weighted by Crippen LogP contribution is 2.26. The number of aryl methyl sites for hydroxylation is 2. The number of hydrogen-bond acceptors (Lipinski definition) is 4. The number of rotatable bonds is 5. The highest BCUT2D eigenvalue weighted by Gasteiger charge is 2.15.